The van der Waals surface area contributed by atoms with Crippen LogP contribution < -0.4 is 5.14 Å². The van der Waals surface area contributed by atoms with Crippen LogP contribution in [0.1, 0.15) is 23.9 Å². The van der Waals surface area contributed by atoms with E-state index in [0.29, 0.717) is 18.8 Å². The number of hydrogen-bond acceptors (Lipinski definition) is 3. The maximum Gasteiger partial charge on any atom is 0.257 e. The van der Waals surface area contributed by atoms with Gasteiger partial charge in [0.2, 0.25) is 0 Å². The molecule has 0 radical (unpaired) electrons. The van der Waals surface area contributed by atoms with Gasteiger partial charge in [0.25, 0.3) is 10.0 Å². The SMILES string of the molecule is CCc1nc(S(N)(=O)=O)cn1Cc1ccc(F)cc1C. The monoisotopic (exact) mass is 297 g/mol. The molecule has 0 saturated carbocycles. The zero-order chi connectivity index (χ0) is 14.9. The number of nitrogens with two attached hydrogens (primary N) is 1. The minimum absolute atomic E-state index is 0.144. The highest BCUT2D eigenvalue weighted by Gasteiger charge is 2.16. The molecule has 0 spiro atoms. The lowest BCUT2D eigenvalue weighted by atomic mass is 10.1. The minimum atomic E-state index is -3.82. The summed E-state index contributed by atoms with van der Waals surface area (Å²) < 4.78 is 37.5. The fourth-order valence-corrected chi connectivity index (χ4v) is 2.51. The predicted octanol–water partition coefficient (Wildman–Crippen LogP) is 1.59. The molecule has 0 aliphatic heterocycles. The molecule has 2 N–H and O–H groups in total. The van der Waals surface area contributed by atoms with Gasteiger partial charge >= 0.3 is 0 Å². The molecule has 2 aromatic rings. The Morgan fingerprint density at radius 1 is 1.40 bits per heavy atom. The van der Waals surface area contributed by atoms with Crippen LogP contribution in [-0.2, 0) is 23.0 Å². The summed E-state index contributed by atoms with van der Waals surface area (Å²) in [6.45, 7) is 4.11. The minimum Gasteiger partial charge on any atom is -0.329 e. The molecule has 0 fully saturated rings. The second kappa shape index (κ2) is 5.34. The van der Waals surface area contributed by atoms with E-state index in [1.165, 1.54) is 18.3 Å². The lowest BCUT2D eigenvalue weighted by molar-refractivity contribution is 0.594. The summed E-state index contributed by atoms with van der Waals surface area (Å²) in [7, 11) is -3.82. The summed E-state index contributed by atoms with van der Waals surface area (Å²) >= 11 is 0. The summed E-state index contributed by atoms with van der Waals surface area (Å²) in [4.78, 5) is 4.02. The van der Waals surface area contributed by atoms with E-state index in [0.717, 1.165) is 11.1 Å². The van der Waals surface area contributed by atoms with Gasteiger partial charge in [0.15, 0.2) is 5.03 Å². The van der Waals surface area contributed by atoms with E-state index < -0.39 is 10.0 Å². The van der Waals surface area contributed by atoms with E-state index in [4.69, 9.17) is 5.14 Å². The Kier molecular flexibility index (Phi) is 3.92. The van der Waals surface area contributed by atoms with Crippen molar-refractivity contribution in [1.82, 2.24) is 9.55 Å². The molecule has 0 aliphatic rings. The van der Waals surface area contributed by atoms with Gasteiger partial charge < -0.3 is 4.57 Å². The van der Waals surface area contributed by atoms with Gasteiger partial charge in [-0.15, -0.1) is 0 Å². The fraction of sp³-hybridized carbons (Fsp3) is 0.308. The van der Waals surface area contributed by atoms with E-state index in [-0.39, 0.29) is 10.8 Å². The highest BCUT2D eigenvalue weighted by atomic mass is 32.2. The first-order valence-electron chi connectivity index (χ1n) is 6.15. The number of nitrogens with zero attached hydrogens (tertiary/aromatic N) is 2. The molecule has 108 valence electrons. The lowest BCUT2D eigenvalue weighted by Gasteiger charge is -2.09. The number of halogens is 1. The maximum absolute atomic E-state index is 13.1. The zero-order valence-corrected chi connectivity index (χ0v) is 12.1. The molecule has 5 nitrogen and oxygen atoms in total. The van der Waals surface area contributed by atoms with Crippen molar-refractivity contribution >= 4 is 10.0 Å². The zero-order valence-electron chi connectivity index (χ0n) is 11.3. The highest BCUT2D eigenvalue weighted by molar-refractivity contribution is 7.89. The number of sulfonamides is 1. The summed E-state index contributed by atoms with van der Waals surface area (Å²) in [5.41, 5.74) is 1.71. The van der Waals surface area contributed by atoms with Crippen molar-refractivity contribution < 1.29 is 12.8 Å². The van der Waals surface area contributed by atoms with Crippen LogP contribution in [0.25, 0.3) is 0 Å². The molecule has 7 heteroatoms. The average molecular weight is 297 g/mol. The third-order valence-electron chi connectivity index (χ3n) is 3.09. The Balaban J connectivity index is 2.40. The van der Waals surface area contributed by atoms with Gasteiger partial charge in [-0.3, -0.25) is 0 Å². The molecule has 1 aromatic carbocycles. The molecule has 0 unspecified atom stereocenters. The quantitative estimate of drug-likeness (QED) is 0.931. The standard InChI is InChI=1S/C13H16FN3O2S/c1-3-12-16-13(20(15,18)19)8-17(12)7-10-4-5-11(14)6-9(10)2/h4-6,8H,3,7H2,1-2H3,(H2,15,18,19). The van der Waals surface area contributed by atoms with E-state index >= 15 is 0 Å². The molecule has 20 heavy (non-hydrogen) atoms. The van der Waals surface area contributed by atoms with Crippen LogP contribution in [0.4, 0.5) is 4.39 Å². The topological polar surface area (TPSA) is 78.0 Å². The van der Waals surface area contributed by atoms with Gasteiger partial charge in [-0.25, -0.2) is 22.9 Å². The van der Waals surface area contributed by atoms with Gasteiger partial charge in [-0.05, 0) is 30.2 Å². The molecular formula is C13H16FN3O2S. The van der Waals surface area contributed by atoms with Crippen molar-refractivity contribution in [3.63, 3.8) is 0 Å². The predicted molar refractivity (Wildman–Crippen MR) is 73.2 cm³/mol. The maximum atomic E-state index is 13.1. The molecular weight excluding hydrogens is 281 g/mol. The smallest absolute Gasteiger partial charge is 0.257 e. The third kappa shape index (κ3) is 3.05. The molecule has 0 amide bonds. The van der Waals surface area contributed by atoms with Gasteiger partial charge in [-0.2, -0.15) is 0 Å². The molecule has 1 aromatic heterocycles. The second-order valence-corrected chi connectivity index (χ2v) is 6.10. The van der Waals surface area contributed by atoms with E-state index in [2.05, 4.69) is 4.98 Å². The second-order valence-electron chi connectivity index (χ2n) is 4.59. The number of aromatic nitrogens is 2. The third-order valence-corrected chi connectivity index (χ3v) is 3.87. The molecule has 0 atom stereocenters. The normalized spacial score (nSPS) is 11.8. The number of hydrogen-bond donors (Lipinski definition) is 1. The van der Waals surface area contributed by atoms with Crippen molar-refractivity contribution in [2.75, 3.05) is 0 Å². The van der Waals surface area contributed by atoms with Crippen molar-refractivity contribution in [3.8, 4) is 0 Å². The van der Waals surface area contributed by atoms with E-state index in [9.17, 15) is 12.8 Å². The van der Waals surface area contributed by atoms with E-state index in [1.807, 2.05) is 13.8 Å². The van der Waals surface area contributed by atoms with Gasteiger partial charge in [-0.1, -0.05) is 13.0 Å². The van der Waals surface area contributed by atoms with Gasteiger partial charge in [0, 0.05) is 19.2 Å². The van der Waals surface area contributed by atoms with Crippen LogP contribution in [0.2, 0.25) is 0 Å². The van der Waals surface area contributed by atoms with Crippen LogP contribution in [0.5, 0.6) is 0 Å². The summed E-state index contributed by atoms with van der Waals surface area (Å²) in [5.74, 6) is 0.329. The number of primary sulfonamides is 1. The molecule has 0 bridgehead atoms. The first-order valence-corrected chi connectivity index (χ1v) is 7.69. The Morgan fingerprint density at radius 3 is 2.65 bits per heavy atom. The van der Waals surface area contributed by atoms with Crippen LogP contribution in [0.15, 0.2) is 29.4 Å². The number of aryl methyl sites for hydroxylation is 2. The first kappa shape index (κ1) is 14.7. The molecule has 1 heterocycles. The van der Waals surface area contributed by atoms with Gasteiger partial charge in [0.05, 0.1) is 0 Å². The largest absolute Gasteiger partial charge is 0.329 e. The first-order chi connectivity index (χ1) is 9.31. The Morgan fingerprint density at radius 2 is 2.10 bits per heavy atom. The summed E-state index contributed by atoms with van der Waals surface area (Å²) in [6, 6.07) is 4.50. The Hall–Kier alpha value is -1.73. The van der Waals surface area contributed by atoms with Crippen molar-refractivity contribution in [1.29, 1.82) is 0 Å². The molecule has 0 aliphatic carbocycles. The van der Waals surface area contributed by atoms with Crippen molar-refractivity contribution in [2.24, 2.45) is 5.14 Å². The van der Waals surface area contributed by atoms with Gasteiger partial charge in [0.1, 0.15) is 11.6 Å². The van der Waals surface area contributed by atoms with Crippen LogP contribution in [0.3, 0.4) is 0 Å². The van der Waals surface area contributed by atoms with Crippen LogP contribution in [-0.4, -0.2) is 18.0 Å². The van der Waals surface area contributed by atoms with Crippen molar-refractivity contribution in [2.45, 2.75) is 31.8 Å². The Labute approximate surface area is 117 Å². The van der Waals surface area contributed by atoms with Crippen LogP contribution in [0, 0.1) is 12.7 Å². The molecule has 2 rings (SSSR count). The number of benzene rings is 1. The van der Waals surface area contributed by atoms with Crippen molar-refractivity contribution in [3.05, 3.63) is 47.2 Å². The van der Waals surface area contributed by atoms with E-state index in [1.54, 1.807) is 10.6 Å². The highest BCUT2D eigenvalue weighted by Crippen LogP contribution is 2.15. The lowest BCUT2D eigenvalue weighted by Crippen LogP contribution is -2.12. The molecule has 0 saturated heterocycles. The summed E-state index contributed by atoms with van der Waals surface area (Å²) in [5, 5.41) is 4.94. The number of imidazole rings is 1. The Bertz CT molecular complexity index is 738. The van der Waals surface area contributed by atoms with Crippen LogP contribution >= 0.6 is 0 Å². The number of rotatable bonds is 4. The summed E-state index contributed by atoms with van der Waals surface area (Å²) in [6.07, 6.45) is 1.99. The fourth-order valence-electron chi connectivity index (χ4n) is 2.00. The average Bonchev–Trinajstić information content (AvgIpc) is 2.75.